The Morgan fingerprint density at radius 3 is 2.50 bits per heavy atom. The summed E-state index contributed by atoms with van der Waals surface area (Å²) in [5.41, 5.74) is -0.183. The molecule has 0 bridgehead atoms. The molecule has 1 saturated carbocycles. The van der Waals surface area contributed by atoms with Gasteiger partial charge in [0.15, 0.2) is 5.78 Å². The van der Waals surface area contributed by atoms with Gasteiger partial charge in [-0.05, 0) is 50.7 Å². The Balaban J connectivity index is 2.07. The number of esters is 2. The molecule has 0 aromatic heterocycles. The van der Waals surface area contributed by atoms with E-state index in [1.54, 1.807) is 41.5 Å². The summed E-state index contributed by atoms with van der Waals surface area (Å²) in [4.78, 5) is 36.5. The van der Waals surface area contributed by atoms with Crippen LogP contribution in [0.1, 0.15) is 54.4 Å². The number of hydrogen-bond acceptors (Lipinski definition) is 5. The van der Waals surface area contributed by atoms with Crippen molar-refractivity contribution in [3.8, 4) is 12.3 Å². The number of ketones is 1. The minimum absolute atomic E-state index is 0.0779. The molecule has 2 aliphatic carbocycles. The number of rotatable bonds is 5. The third-order valence-electron chi connectivity index (χ3n) is 5.29. The Bertz CT molecular complexity index is 804. The molecule has 152 valence electrons. The smallest absolute Gasteiger partial charge is 0.367 e. The van der Waals surface area contributed by atoms with Gasteiger partial charge in [0, 0.05) is 12.0 Å². The predicted octanol–water partition coefficient (Wildman–Crippen LogP) is 3.68. The van der Waals surface area contributed by atoms with Crippen LogP contribution in [0.4, 0.5) is 4.39 Å². The Kier molecular flexibility index (Phi) is 5.89. The Morgan fingerprint density at radius 1 is 1.36 bits per heavy atom. The number of carbonyl (C=O) groups excluding carboxylic acids is 3. The van der Waals surface area contributed by atoms with Crippen molar-refractivity contribution in [3.05, 3.63) is 23.0 Å². The first-order valence-corrected chi connectivity index (χ1v) is 9.27. The van der Waals surface area contributed by atoms with Crippen LogP contribution in [0.25, 0.3) is 0 Å². The lowest BCUT2D eigenvalue weighted by molar-refractivity contribution is -0.152. The molecule has 2 aliphatic rings. The standard InChI is InChI=1S/C22H27FO5/c1-8-9-13-12(2)17(11-16(13)24)27-20(26)18-14(22(18,6)7)10-15(23)19(25)28-21(3,4)5/h1,10,14,17-18H,9,11H2,2-7H3/b15-10+/t14-,17-,18-/m0/s1. The molecule has 0 heterocycles. The second kappa shape index (κ2) is 7.54. The average molecular weight is 390 g/mol. The van der Waals surface area contributed by atoms with Gasteiger partial charge in [0.25, 0.3) is 0 Å². The summed E-state index contributed by atoms with van der Waals surface area (Å²) in [7, 11) is 0. The maximum atomic E-state index is 14.2. The molecular formula is C22H27FO5. The maximum Gasteiger partial charge on any atom is 0.367 e. The van der Waals surface area contributed by atoms with Gasteiger partial charge in [-0.15, -0.1) is 12.3 Å². The van der Waals surface area contributed by atoms with Gasteiger partial charge < -0.3 is 9.47 Å². The van der Waals surface area contributed by atoms with E-state index >= 15 is 0 Å². The summed E-state index contributed by atoms with van der Waals surface area (Å²) in [6.45, 7) is 10.3. The van der Waals surface area contributed by atoms with E-state index < -0.39 is 46.7 Å². The van der Waals surface area contributed by atoms with E-state index in [0.29, 0.717) is 11.1 Å². The molecule has 0 aromatic carbocycles. The van der Waals surface area contributed by atoms with Crippen molar-refractivity contribution in [3.63, 3.8) is 0 Å². The minimum atomic E-state index is -1.05. The molecule has 0 N–H and O–H groups in total. The number of ether oxygens (including phenoxy) is 2. The highest BCUT2D eigenvalue weighted by atomic mass is 19.1. The molecule has 0 aromatic rings. The SMILES string of the molecule is C#CCC1=C(C)[C@@H](OC(=O)[C@@H]2[C@H](/C=C(/F)C(=O)OC(C)(C)C)C2(C)C)CC1=O. The van der Waals surface area contributed by atoms with Gasteiger partial charge in [-0.2, -0.15) is 4.39 Å². The lowest BCUT2D eigenvalue weighted by Gasteiger charge is -2.18. The minimum Gasteiger partial charge on any atom is -0.457 e. The van der Waals surface area contributed by atoms with Crippen molar-refractivity contribution in [1.82, 2.24) is 0 Å². The van der Waals surface area contributed by atoms with Crippen LogP contribution in [-0.4, -0.2) is 29.4 Å². The Labute approximate surface area is 165 Å². The Hall–Kier alpha value is -2.42. The maximum absolute atomic E-state index is 14.2. The fourth-order valence-corrected chi connectivity index (χ4v) is 3.53. The number of terminal acetylenes is 1. The van der Waals surface area contributed by atoms with Crippen molar-refractivity contribution < 1.29 is 28.2 Å². The van der Waals surface area contributed by atoms with Gasteiger partial charge in [0.05, 0.1) is 12.3 Å². The van der Waals surface area contributed by atoms with Gasteiger partial charge in [-0.1, -0.05) is 13.8 Å². The van der Waals surface area contributed by atoms with Gasteiger partial charge in [0.1, 0.15) is 11.7 Å². The van der Waals surface area contributed by atoms with E-state index in [9.17, 15) is 18.8 Å². The zero-order valence-corrected chi connectivity index (χ0v) is 17.2. The molecule has 28 heavy (non-hydrogen) atoms. The lowest BCUT2D eigenvalue weighted by atomic mass is 10.1. The van der Waals surface area contributed by atoms with E-state index in [1.807, 2.05) is 0 Å². The molecule has 5 nitrogen and oxygen atoms in total. The van der Waals surface area contributed by atoms with Crippen molar-refractivity contribution >= 4 is 17.7 Å². The summed E-state index contributed by atoms with van der Waals surface area (Å²) >= 11 is 0. The second-order valence-corrected chi connectivity index (χ2v) is 8.94. The van der Waals surface area contributed by atoms with Crippen LogP contribution in [0.3, 0.4) is 0 Å². The summed E-state index contributed by atoms with van der Waals surface area (Å²) in [6, 6.07) is 0. The molecule has 0 spiro atoms. The zero-order chi connectivity index (χ0) is 21.4. The quantitative estimate of drug-likeness (QED) is 0.407. The Morgan fingerprint density at radius 2 is 1.96 bits per heavy atom. The van der Waals surface area contributed by atoms with E-state index in [2.05, 4.69) is 5.92 Å². The van der Waals surface area contributed by atoms with Gasteiger partial charge >= 0.3 is 11.9 Å². The summed E-state index contributed by atoms with van der Waals surface area (Å²) in [5.74, 6) is -1.35. The van der Waals surface area contributed by atoms with Crippen LogP contribution in [0.2, 0.25) is 0 Å². The molecule has 0 aliphatic heterocycles. The topological polar surface area (TPSA) is 69.7 Å². The van der Waals surface area contributed by atoms with Crippen LogP contribution in [0.15, 0.2) is 23.0 Å². The highest BCUT2D eigenvalue weighted by Gasteiger charge is 2.62. The fourth-order valence-electron chi connectivity index (χ4n) is 3.53. The third kappa shape index (κ3) is 4.52. The number of hydrogen-bond donors (Lipinski definition) is 0. The summed E-state index contributed by atoms with van der Waals surface area (Å²) in [5, 5.41) is 0. The number of carbonyl (C=O) groups is 3. The van der Waals surface area contributed by atoms with Crippen LogP contribution in [0, 0.1) is 29.6 Å². The first-order valence-electron chi connectivity index (χ1n) is 9.27. The zero-order valence-electron chi connectivity index (χ0n) is 17.2. The highest BCUT2D eigenvalue weighted by Crippen LogP contribution is 2.60. The number of Topliss-reactive ketones (excluding diaryl/α,β-unsaturated/α-hetero) is 1. The molecule has 6 heteroatoms. The number of halogens is 1. The monoisotopic (exact) mass is 390 g/mol. The molecule has 0 radical (unpaired) electrons. The highest BCUT2D eigenvalue weighted by molar-refractivity contribution is 6.00. The van der Waals surface area contributed by atoms with Crippen LogP contribution in [-0.2, 0) is 23.9 Å². The third-order valence-corrected chi connectivity index (χ3v) is 5.29. The van der Waals surface area contributed by atoms with E-state index in [-0.39, 0.29) is 18.6 Å². The van der Waals surface area contributed by atoms with Crippen molar-refractivity contribution in [2.24, 2.45) is 17.3 Å². The van der Waals surface area contributed by atoms with Crippen LogP contribution in [0.5, 0.6) is 0 Å². The molecule has 3 atom stereocenters. The average Bonchev–Trinajstić information content (AvgIpc) is 2.98. The summed E-state index contributed by atoms with van der Waals surface area (Å²) < 4.78 is 24.7. The largest absolute Gasteiger partial charge is 0.457 e. The van der Waals surface area contributed by atoms with Crippen molar-refractivity contribution in [2.45, 2.75) is 66.1 Å². The van der Waals surface area contributed by atoms with Gasteiger partial charge in [-0.25, -0.2) is 4.79 Å². The van der Waals surface area contributed by atoms with Crippen LogP contribution < -0.4 is 0 Å². The summed E-state index contributed by atoms with van der Waals surface area (Å²) in [6.07, 6.45) is 6.06. The van der Waals surface area contributed by atoms with Crippen LogP contribution >= 0.6 is 0 Å². The molecule has 0 saturated heterocycles. The lowest BCUT2D eigenvalue weighted by Crippen LogP contribution is -2.24. The number of allylic oxidation sites excluding steroid dienone is 2. The molecule has 0 amide bonds. The predicted molar refractivity (Wildman–Crippen MR) is 101 cm³/mol. The van der Waals surface area contributed by atoms with Crippen molar-refractivity contribution in [2.75, 3.05) is 0 Å². The molecule has 1 fully saturated rings. The van der Waals surface area contributed by atoms with E-state index in [0.717, 1.165) is 6.08 Å². The van der Waals surface area contributed by atoms with E-state index in [1.165, 1.54) is 0 Å². The van der Waals surface area contributed by atoms with Crippen molar-refractivity contribution in [1.29, 1.82) is 0 Å². The first kappa shape index (κ1) is 21.9. The first-order chi connectivity index (χ1) is 12.8. The normalized spacial score (nSPS) is 26.7. The van der Waals surface area contributed by atoms with E-state index in [4.69, 9.17) is 15.9 Å². The second-order valence-electron chi connectivity index (χ2n) is 8.94. The van der Waals surface area contributed by atoms with Gasteiger partial charge in [0.2, 0.25) is 5.83 Å². The van der Waals surface area contributed by atoms with Gasteiger partial charge in [-0.3, -0.25) is 9.59 Å². The molecular weight excluding hydrogens is 363 g/mol. The fraction of sp³-hybridized carbons (Fsp3) is 0.591. The molecule has 0 unspecified atom stereocenters. The molecule has 2 rings (SSSR count).